The van der Waals surface area contributed by atoms with Crippen LogP contribution in [0, 0.1) is 0 Å². The zero-order chi connectivity index (χ0) is 14.0. The average molecular weight is 353 g/mol. The smallest absolute Gasteiger partial charge is 0.150 e. The minimum Gasteiger partial charge on any atom is -0.455 e. The van der Waals surface area contributed by atoms with Crippen molar-refractivity contribution in [2.24, 2.45) is 0 Å². The van der Waals surface area contributed by atoms with Crippen LogP contribution in [-0.2, 0) is 0 Å². The molecule has 5 aromatic rings. The Kier molecular flexibility index (Phi) is 2.29. The van der Waals surface area contributed by atoms with Gasteiger partial charge in [-0.3, -0.25) is 0 Å². The first kappa shape index (κ1) is 11.8. The van der Waals surface area contributed by atoms with Crippen molar-refractivity contribution in [1.82, 2.24) is 0 Å². The quantitative estimate of drug-likeness (QED) is 0.301. The van der Waals surface area contributed by atoms with Crippen molar-refractivity contribution >= 4 is 69.4 Å². The molecule has 0 spiro atoms. The lowest BCUT2D eigenvalue weighted by atomic mass is 10.1. The maximum atomic E-state index is 6.07. The topological polar surface area (TPSA) is 13.1 Å². The van der Waals surface area contributed by atoms with Gasteiger partial charge < -0.3 is 4.42 Å². The summed E-state index contributed by atoms with van der Waals surface area (Å²) in [4.78, 5) is 0. The molecule has 1 nitrogen and oxygen atoms in total. The van der Waals surface area contributed by atoms with Crippen LogP contribution in [0.25, 0.3) is 42.1 Å². The molecular weight excluding hydrogens is 344 g/mol. The minimum atomic E-state index is 0.937. The van der Waals surface area contributed by atoms with Crippen molar-refractivity contribution in [1.29, 1.82) is 0 Å². The predicted molar refractivity (Wildman–Crippen MR) is 94.3 cm³/mol. The van der Waals surface area contributed by atoms with E-state index in [2.05, 4.69) is 58.4 Å². The Morgan fingerprint density at radius 3 is 2.48 bits per heavy atom. The number of para-hydroxylation sites is 1. The Morgan fingerprint density at radius 1 is 0.810 bits per heavy atom. The average Bonchev–Trinajstić information content (AvgIpc) is 3.06. The summed E-state index contributed by atoms with van der Waals surface area (Å²) in [7, 11) is 0. The number of halogens is 1. The number of hydrogen-bond donors (Lipinski definition) is 0. The second kappa shape index (κ2) is 4.09. The largest absolute Gasteiger partial charge is 0.455 e. The van der Waals surface area contributed by atoms with Gasteiger partial charge in [-0.2, -0.15) is 0 Å². The number of thiophene rings is 1. The summed E-state index contributed by atoms with van der Waals surface area (Å²) in [5.41, 5.74) is 1.88. The monoisotopic (exact) mass is 352 g/mol. The Morgan fingerprint density at radius 2 is 1.57 bits per heavy atom. The van der Waals surface area contributed by atoms with Crippen molar-refractivity contribution in [3.63, 3.8) is 0 Å². The van der Waals surface area contributed by atoms with Crippen LogP contribution in [-0.4, -0.2) is 0 Å². The van der Waals surface area contributed by atoms with Gasteiger partial charge in [-0.15, -0.1) is 11.3 Å². The molecule has 2 heterocycles. The molecule has 0 atom stereocenters. The zero-order valence-electron chi connectivity index (χ0n) is 10.9. The summed E-state index contributed by atoms with van der Waals surface area (Å²) in [6, 6.07) is 19.0. The van der Waals surface area contributed by atoms with Gasteiger partial charge in [0.1, 0.15) is 11.2 Å². The highest BCUT2D eigenvalue weighted by molar-refractivity contribution is 9.10. The van der Waals surface area contributed by atoms with Crippen molar-refractivity contribution in [3.05, 3.63) is 59.1 Å². The van der Waals surface area contributed by atoms with Crippen molar-refractivity contribution in [3.8, 4) is 0 Å². The summed E-state index contributed by atoms with van der Waals surface area (Å²) in [6.07, 6.45) is 0. The van der Waals surface area contributed by atoms with E-state index in [1.807, 2.05) is 23.5 Å². The van der Waals surface area contributed by atoms with E-state index in [0.717, 1.165) is 15.6 Å². The highest BCUT2D eigenvalue weighted by atomic mass is 79.9. The minimum absolute atomic E-state index is 0.937. The number of furan rings is 1. The van der Waals surface area contributed by atoms with Crippen molar-refractivity contribution in [2.45, 2.75) is 0 Å². The van der Waals surface area contributed by atoms with Gasteiger partial charge in [-0.25, -0.2) is 0 Å². The van der Waals surface area contributed by atoms with Gasteiger partial charge in [0.2, 0.25) is 0 Å². The van der Waals surface area contributed by atoms with Gasteiger partial charge in [-0.05, 0) is 34.1 Å². The van der Waals surface area contributed by atoms with Crippen LogP contribution in [0.5, 0.6) is 0 Å². The molecule has 0 radical (unpaired) electrons. The lowest BCUT2D eigenvalue weighted by Gasteiger charge is -1.97. The van der Waals surface area contributed by atoms with Gasteiger partial charge in [-0.1, -0.05) is 36.4 Å². The van der Waals surface area contributed by atoms with Gasteiger partial charge in [0, 0.05) is 30.9 Å². The molecule has 100 valence electrons. The summed E-state index contributed by atoms with van der Waals surface area (Å²) >= 11 is 5.60. The molecule has 0 N–H and O–H groups in total. The van der Waals surface area contributed by atoms with Crippen molar-refractivity contribution in [2.75, 3.05) is 0 Å². The highest BCUT2D eigenvalue weighted by Gasteiger charge is 2.16. The molecule has 3 heteroatoms. The molecule has 0 aliphatic carbocycles. The predicted octanol–water partition coefficient (Wildman–Crippen LogP) is 6.72. The molecule has 3 aromatic carbocycles. The van der Waals surface area contributed by atoms with E-state index in [9.17, 15) is 0 Å². The Balaban J connectivity index is 2.10. The number of rotatable bonds is 0. The molecule has 0 aliphatic heterocycles. The standard InChI is InChI=1S/C18H9BrOS/c19-17-16-11-6-2-4-8-14(11)21-15(16)9-12-10-5-1-3-7-13(10)20-18(12)17/h1-9H. The molecule has 5 rings (SSSR count). The second-order valence-corrected chi connectivity index (χ2v) is 7.01. The normalized spacial score (nSPS) is 12.0. The van der Waals surface area contributed by atoms with Crippen LogP contribution in [0.3, 0.4) is 0 Å². The molecule has 21 heavy (non-hydrogen) atoms. The fourth-order valence-electron chi connectivity index (χ4n) is 3.01. The fraction of sp³-hybridized carbons (Fsp3) is 0. The highest BCUT2D eigenvalue weighted by Crippen LogP contribution is 2.44. The zero-order valence-corrected chi connectivity index (χ0v) is 13.3. The lowest BCUT2D eigenvalue weighted by Crippen LogP contribution is -1.72. The first-order valence-electron chi connectivity index (χ1n) is 6.74. The third-order valence-corrected chi connectivity index (χ3v) is 5.83. The summed E-state index contributed by atoms with van der Waals surface area (Å²) in [5, 5.41) is 4.89. The molecule has 0 fully saturated rings. The fourth-order valence-corrected chi connectivity index (χ4v) is 5.02. The van der Waals surface area contributed by atoms with Crippen LogP contribution in [0.2, 0.25) is 0 Å². The first-order valence-corrected chi connectivity index (χ1v) is 8.35. The molecule has 2 aromatic heterocycles. The van der Waals surface area contributed by atoms with Gasteiger partial charge in [0.05, 0.1) is 4.47 Å². The third kappa shape index (κ3) is 1.50. The van der Waals surface area contributed by atoms with E-state index in [0.29, 0.717) is 0 Å². The van der Waals surface area contributed by atoms with Gasteiger partial charge >= 0.3 is 0 Å². The van der Waals surface area contributed by atoms with Crippen LogP contribution < -0.4 is 0 Å². The Hall–Kier alpha value is -1.84. The van der Waals surface area contributed by atoms with E-state index < -0.39 is 0 Å². The molecule has 0 aliphatic rings. The molecule has 0 saturated heterocycles. The first-order chi connectivity index (χ1) is 10.3. The number of benzene rings is 3. The third-order valence-electron chi connectivity index (χ3n) is 3.95. The van der Waals surface area contributed by atoms with Crippen LogP contribution >= 0.6 is 27.3 Å². The van der Waals surface area contributed by atoms with E-state index >= 15 is 0 Å². The van der Waals surface area contributed by atoms with Gasteiger partial charge in [0.25, 0.3) is 0 Å². The second-order valence-electron chi connectivity index (χ2n) is 5.14. The summed E-state index contributed by atoms with van der Waals surface area (Å²) in [5.74, 6) is 0. The van der Waals surface area contributed by atoms with E-state index in [1.54, 1.807) is 0 Å². The maximum Gasteiger partial charge on any atom is 0.150 e. The van der Waals surface area contributed by atoms with Gasteiger partial charge in [0.15, 0.2) is 0 Å². The molecule has 0 unspecified atom stereocenters. The summed E-state index contributed by atoms with van der Waals surface area (Å²) < 4.78 is 9.73. The van der Waals surface area contributed by atoms with Crippen LogP contribution in [0.4, 0.5) is 0 Å². The number of fused-ring (bicyclic) bond motifs is 6. The van der Waals surface area contributed by atoms with Crippen LogP contribution in [0.15, 0.2) is 63.5 Å². The van der Waals surface area contributed by atoms with E-state index in [-0.39, 0.29) is 0 Å². The Bertz CT molecular complexity index is 1140. The van der Waals surface area contributed by atoms with Crippen LogP contribution in [0.1, 0.15) is 0 Å². The molecular formula is C18H9BrOS. The molecule has 0 amide bonds. The van der Waals surface area contributed by atoms with E-state index in [4.69, 9.17) is 4.42 Å². The molecule has 0 saturated carbocycles. The summed E-state index contributed by atoms with van der Waals surface area (Å²) in [6.45, 7) is 0. The lowest BCUT2D eigenvalue weighted by molar-refractivity contribution is 0.667. The van der Waals surface area contributed by atoms with Crippen molar-refractivity contribution < 1.29 is 4.42 Å². The molecule has 0 bridgehead atoms. The maximum absolute atomic E-state index is 6.07. The Labute approximate surface area is 132 Å². The number of hydrogen-bond acceptors (Lipinski definition) is 2. The van der Waals surface area contributed by atoms with E-state index in [1.165, 1.54) is 30.9 Å². The SMILES string of the molecule is Brc1c2oc3ccccc3c2cc2sc3ccccc3c12.